The average Bonchev–Trinajstić information content (AvgIpc) is 2.19. The number of hydrogen-bond acceptors (Lipinski definition) is 3. The van der Waals surface area contributed by atoms with Crippen molar-refractivity contribution < 1.29 is 9.59 Å². The highest BCUT2D eigenvalue weighted by Gasteiger charge is 2.45. The van der Waals surface area contributed by atoms with E-state index >= 15 is 0 Å². The zero-order valence-corrected chi connectivity index (χ0v) is 7.78. The van der Waals surface area contributed by atoms with Gasteiger partial charge in [-0.1, -0.05) is 0 Å². The lowest BCUT2D eigenvalue weighted by Crippen LogP contribution is -2.59. The normalized spacial score (nSPS) is 29.8. The van der Waals surface area contributed by atoms with E-state index in [4.69, 9.17) is 0 Å². The molecule has 2 aliphatic heterocycles. The zero-order chi connectivity index (χ0) is 9.59. The molecule has 5 heteroatoms. The maximum Gasteiger partial charge on any atom is 0.327 e. The monoisotopic (exact) mass is 183 g/mol. The first-order valence-corrected chi connectivity index (χ1v) is 4.43. The Kier molecular flexibility index (Phi) is 1.76. The summed E-state index contributed by atoms with van der Waals surface area (Å²) in [5.41, 5.74) is 0. The summed E-state index contributed by atoms with van der Waals surface area (Å²) in [4.78, 5) is 26.0. The molecule has 2 saturated heterocycles. The lowest BCUT2D eigenvalue weighted by molar-refractivity contribution is -0.129. The molecule has 0 aromatic rings. The molecule has 0 bridgehead atoms. The van der Waals surface area contributed by atoms with E-state index in [2.05, 4.69) is 5.32 Å². The van der Waals surface area contributed by atoms with E-state index in [1.54, 1.807) is 14.0 Å². The Hall–Kier alpha value is -1.10. The molecule has 0 saturated carbocycles. The molecular formula is C8H13N3O2. The van der Waals surface area contributed by atoms with Crippen molar-refractivity contribution in [2.24, 2.45) is 0 Å². The maximum atomic E-state index is 11.6. The van der Waals surface area contributed by atoms with Crippen LogP contribution in [0, 0.1) is 0 Å². The molecule has 2 heterocycles. The first-order valence-electron chi connectivity index (χ1n) is 4.43. The van der Waals surface area contributed by atoms with Crippen molar-refractivity contribution in [1.29, 1.82) is 0 Å². The minimum Gasteiger partial charge on any atom is -0.316 e. The largest absolute Gasteiger partial charge is 0.327 e. The minimum absolute atomic E-state index is 0.0704. The quantitative estimate of drug-likeness (QED) is 0.544. The van der Waals surface area contributed by atoms with Crippen molar-refractivity contribution in [3.8, 4) is 0 Å². The smallest absolute Gasteiger partial charge is 0.316 e. The van der Waals surface area contributed by atoms with Gasteiger partial charge in [0.05, 0.1) is 6.04 Å². The van der Waals surface area contributed by atoms with Crippen molar-refractivity contribution in [3.05, 3.63) is 0 Å². The molecule has 2 rings (SSSR count). The standard InChI is InChI=1S/C8H13N3O2/c1-5-7(12)11(6-3-9-4-6)8(13)10(5)2/h5-6,9H,3-4H2,1-2H3/t5-/m0/s1. The highest BCUT2D eigenvalue weighted by Crippen LogP contribution is 2.19. The molecule has 0 aromatic heterocycles. The Bertz CT molecular complexity index is 242. The molecule has 13 heavy (non-hydrogen) atoms. The lowest BCUT2D eigenvalue weighted by Gasteiger charge is -2.33. The molecule has 1 N–H and O–H groups in total. The van der Waals surface area contributed by atoms with Gasteiger partial charge in [0.2, 0.25) is 0 Å². The van der Waals surface area contributed by atoms with Gasteiger partial charge >= 0.3 is 6.03 Å². The molecule has 2 fully saturated rings. The second kappa shape index (κ2) is 2.70. The first-order chi connectivity index (χ1) is 6.13. The third-order valence-electron chi connectivity index (χ3n) is 2.81. The Balaban J connectivity index is 2.18. The molecule has 0 aromatic carbocycles. The van der Waals surface area contributed by atoms with Crippen molar-refractivity contribution in [2.45, 2.75) is 19.0 Å². The van der Waals surface area contributed by atoms with E-state index in [1.807, 2.05) is 0 Å². The van der Waals surface area contributed by atoms with E-state index in [1.165, 1.54) is 9.80 Å². The number of hydrogen-bond donors (Lipinski definition) is 1. The number of nitrogens with zero attached hydrogens (tertiary/aromatic N) is 2. The fourth-order valence-corrected chi connectivity index (χ4v) is 1.59. The molecular weight excluding hydrogens is 170 g/mol. The zero-order valence-electron chi connectivity index (χ0n) is 7.78. The second-order valence-corrected chi connectivity index (χ2v) is 3.59. The van der Waals surface area contributed by atoms with E-state index < -0.39 is 0 Å². The Labute approximate surface area is 76.7 Å². The highest BCUT2D eigenvalue weighted by atomic mass is 16.2. The van der Waals surface area contributed by atoms with Crippen molar-refractivity contribution >= 4 is 11.9 Å². The van der Waals surface area contributed by atoms with Crippen LogP contribution in [0.3, 0.4) is 0 Å². The third kappa shape index (κ3) is 1.03. The van der Waals surface area contributed by atoms with Gasteiger partial charge in [-0.05, 0) is 6.92 Å². The Morgan fingerprint density at radius 3 is 2.31 bits per heavy atom. The van der Waals surface area contributed by atoms with Crippen LogP contribution in [0.25, 0.3) is 0 Å². The average molecular weight is 183 g/mol. The second-order valence-electron chi connectivity index (χ2n) is 3.59. The van der Waals surface area contributed by atoms with E-state index in [9.17, 15) is 9.59 Å². The van der Waals surface area contributed by atoms with E-state index in [0.717, 1.165) is 13.1 Å². The topological polar surface area (TPSA) is 52.7 Å². The van der Waals surface area contributed by atoms with E-state index in [-0.39, 0.29) is 24.0 Å². The number of imide groups is 1. The highest BCUT2D eigenvalue weighted by molar-refractivity contribution is 6.04. The van der Waals surface area contributed by atoms with Gasteiger partial charge in [-0.15, -0.1) is 0 Å². The Morgan fingerprint density at radius 1 is 1.38 bits per heavy atom. The van der Waals surface area contributed by atoms with Crippen LogP contribution in [0.2, 0.25) is 0 Å². The molecule has 72 valence electrons. The summed E-state index contributed by atoms with van der Waals surface area (Å²) in [7, 11) is 1.66. The van der Waals surface area contributed by atoms with Gasteiger partial charge in [0.1, 0.15) is 6.04 Å². The fraction of sp³-hybridized carbons (Fsp3) is 0.750. The van der Waals surface area contributed by atoms with Crippen LogP contribution < -0.4 is 5.32 Å². The number of carbonyl (C=O) groups is 2. The lowest BCUT2D eigenvalue weighted by atomic mass is 10.1. The van der Waals surface area contributed by atoms with Gasteiger partial charge in [0.15, 0.2) is 0 Å². The molecule has 2 aliphatic rings. The predicted molar refractivity (Wildman–Crippen MR) is 46.1 cm³/mol. The van der Waals surface area contributed by atoms with Crippen LogP contribution in [-0.4, -0.2) is 54.0 Å². The van der Waals surface area contributed by atoms with Gasteiger partial charge in [0.25, 0.3) is 5.91 Å². The number of rotatable bonds is 1. The van der Waals surface area contributed by atoms with Gasteiger partial charge in [-0.3, -0.25) is 9.69 Å². The van der Waals surface area contributed by atoms with Gasteiger partial charge in [-0.2, -0.15) is 0 Å². The van der Waals surface area contributed by atoms with Crippen LogP contribution in [-0.2, 0) is 4.79 Å². The molecule has 1 atom stereocenters. The number of urea groups is 1. The summed E-state index contributed by atoms with van der Waals surface area (Å²) >= 11 is 0. The fourth-order valence-electron chi connectivity index (χ4n) is 1.59. The summed E-state index contributed by atoms with van der Waals surface area (Å²) in [6, 6.07) is -0.385. The number of amides is 3. The van der Waals surface area contributed by atoms with Crippen LogP contribution in [0.5, 0.6) is 0 Å². The molecule has 5 nitrogen and oxygen atoms in total. The molecule has 0 spiro atoms. The summed E-state index contributed by atoms with van der Waals surface area (Å²) in [6.45, 7) is 3.22. The molecule has 0 aliphatic carbocycles. The Morgan fingerprint density at radius 2 is 2.00 bits per heavy atom. The van der Waals surface area contributed by atoms with Crippen molar-refractivity contribution in [2.75, 3.05) is 20.1 Å². The summed E-state index contributed by atoms with van der Waals surface area (Å²) in [5.74, 6) is -0.0704. The van der Waals surface area contributed by atoms with E-state index in [0.29, 0.717) is 0 Å². The summed E-state index contributed by atoms with van der Waals surface area (Å²) in [5, 5.41) is 3.04. The van der Waals surface area contributed by atoms with Crippen molar-refractivity contribution in [1.82, 2.24) is 15.1 Å². The summed E-state index contributed by atoms with van der Waals surface area (Å²) < 4.78 is 0. The number of carbonyl (C=O) groups excluding carboxylic acids is 2. The minimum atomic E-state index is -0.298. The maximum absolute atomic E-state index is 11.6. The third-order valence-corrected chi connectivity index (χ3v) is 2.81. The summed E-state index contributed by atoms with van der Waals surface area (Å²) in [6.07, 6.45) is 0. The van der Waals surface area contributed by atoms with Gasteiger partial charge < -0.3 is 10.2 Å². The molecule has 0 radical (unpaired) electrons. The first kappa shape index (κ1) is 8.50. The molecule has 0 unspecified atom stereocenters. The van der Waals surface area contributed by atoms with Crippen LogP contribution >= 0.6 is 0 Å². The van der Waals surface area contributed by atoms with Crippen molar-refractivity contribution in [3.63, 3.8) is 0 Å². The SMILES string of the molecule is C[C@H]1C(=O)N(C2CNC2)C(=O)N1C. The molecule has 3 amide bonds. The van der Waals surface area contributed by atoms with Gasteiger partial charge in [-0.25, -0.2) is 4.79 Å². The number of nitrogens with one attached hydrogen (secondary N) is 1. The van der Waals surface area contributed by atoms with Crippen LogP contribution in [0.15, 0.2) is 0 Å². The van der Waals surface area contributed by atoms with Crippen LogP contribution in [0.4, 0.5) is 4.79 Å². The number of likely N-dealkylation sites (N-methyl/N-ethyl adjacent to an activating group) is 1. The predicted octanol–water partition coefficient (Wildman–Crippen LogP) is -0.759. The van der Waals surface area contributed by atoms with Gasteiger partial charge in [0, 0.05) is 20.1 Å². The van der Waals surface area contributed by atoms with Crippen LogP contribution in [0.1, 0.15) is 6.92 Å².